The van der Waals surface area contributed by atoms with Gasteiger partial charge in [0.15, 0.2) is 15.5 Å². The van der Waals surface area contributed by atoms with Crippen molar-refractivity contribution in [1.29, 1.82) is 0 Å². The zero-order valence-electron chi connectivity index (χ0n) is 21.8. The van der Waals surface area contributed by atoms with Crippen molar-refractivity contribution in [1.82, 2.24) is 15.1 Å². The van der Waals surface area contributed by atoms with Crippen LogP contribution in [-0.2, 0) is 19.4 Å². The summed E-state index contributed by atoms with van der Waals surface area (Å²) in [7, 11) is -3.39. The first kappa shape index (κ1) is 30.4. The van der Waals surface area contributed by atoms with E-state index in [0.717, 1.165) is 11.7 Å². The monoisotopic (exact) mass is 577 g/mol. The summed E-state index contributed by atoms with van der Waals surface area (Å²) < 4.78 is 66.4. The molecule has 0 spiro atoms. The van der Waals surface area contributed by atoms with Crippen molar-refractivity contribution in [3.8, 4) is 0 Å². The van der Waals surface area contributed by atoms with Gasteiger partial charge in [-0.2, -0.15) is 0 Å². The Balaban J connectivity index is 1.69. The number of nitrogens with one attached hydrogen (secondary N) is 1. The summed E-state index contributed by atoms with van der Waals surface area (Å²) in [6, 6.07) is 6.34. The third-order valence-corrected chi connectivity index (χ3v) is 8.23. The molecule has 0 unspecified atom stereocenters. The maximum atomic E-state index is 15.5. The molecule has 0 aliphatic carbocycles. The van der Waals surface area contributed by atoms with Gasteiger partial charge in [0.1, 0.15) is 0 Å². The molecule has 2 amide bonds. The second-order valence-electron chi connectivity index (χ2n) is 10.3. The lowest BCUT2D eigenvalue weighted by atomic mass is 9.86. The molecule has 0 bridgehead atoms. The first-order valence-electron chi connectivity index (χ1n) is 12.7. The van der Waals surface area contributed by atoms with E-state index in [0.29, 0.717) is 10.6 Å². The summed E-state index contributed by atoms with van der Waals surface area (Å²) in [6.07, 6.45) is 1.51. The van der Waals surface area contributed by atoms with Crippen LogP contribution < -0.4 is 5.32 Å². The van der Waals surface area contributed by atoms with Gasteiger partial charge in [0.05, 0.1) is 12.5 Å². The fourth-order valence-corrected chi connectivity index (χ4v) is 5.78. The van der Waals surface area contributed by atoms with Gasteiger partial charge in [-0.25, -0.2) is 21.6 Å². The van der Waals surface area contributed by atoms with E-state index in [9.17, 15) is 26.8 Å². The number of rotatable bonds is 9. The van der Waals surface area contributed by atoms with E-state index >= 15 is 4.39 Å². The van der Waals surface area contributed by atoms with Crippen molar-refractivity contribution in [2.45, 2.75) is 56.7 Å². The molecule has 1 N–H and O–H groups in total. The molecule has 2 fully saturated rings. The number of alkyl halides is 3. The van der Waals surface area contributed by atoms with Gasteiger partial charge in [0.2, 0.25) is 5.91 Å². The zero-order chi connectivity index (χ0) is 28.3. The van der Waals surface area contributed by atoms with Crippen LogP contribution in [0, 0.1) is 5.92 Å². The normalized spacial score (nSPS) is 23.5. The highest BCUT2D eigenvalue weighted by molar-refractivity contribution is 7.93. The van der Waals surface area contributed by atoms with Crippen LogP contribution in [0.5, 0.6) is 0 Å². The number of hydrogen-bond donors (Lipinski definition) is 1. The molecule has 1 aromatic rings. The molecule has 0 aromatic heterocycles. The van der Waals surface area contributed by atoms with Crippen LogP contribution in [0.3, 0.4) is 0 Å². The summed E-state index contributed by atoms with van der Waals surface area (Å²) in [6.45, 7) is 2.85. The van der Waals surface area contributed by atoms with Crippen molar-refractivity contribution in [2.75, 3.05) is 39.0 Å². The molecule has 2 heterocycles. The highest BCUT2D eigenvalue weighted by Gasteiger charge is 2.47. The minimum absolute atomic E-state index is 0.00677. The number of nitrogens with zero attached hydrogens (tertiary/aromatic N) is 2. The van der Waals surface area contributed by atoms with Crippen LogP contribution in [0.1, 0.15) is 44.6 Å². The van der Waals surface area contributed by atoms with Gasteiger partial charge < -0.3 is 10.2 Å². The van der Waals surface area contributed by atoms with Crippen LogP contribution >= 0.6 is 11.6 Å². The third-order valence-electron chi connectivity index (χ3n) is 7.24. The Morgan fingerprint density at radius 2 is 1.87 bits per heavy atom. The number of benzene rings is 1. The first-order chi connectivity index (χ1) is 17.6. The van der Waals surface area contributed by atoms with Crippen molar-refractivity contribution < 1.29 is 31.2 Å². The van der Waals surface area contributed by atoms with Gasteiger partial charge in [-0.3, -0.25) is 14.5 Å². The van der Waals surface area contributed by atoms with E-state index in [1.807, 2.05) is 0 Å². The molecule has 0 radical (unpaired) electrons. The second kappa shape index (κ2) is 12.0. The number of halogens is 4. The summed E-state index contributed by atoms with van der Waals surface area (Å²) >= 11 is 6.41. The Hall–Kier alpha value is -2.11. The highest BCUT2D eigenvalue weighted by atomic mass is 35.5. The first-order valence-corrected chi connectivity index (χ1v) is 15.0. The van der Waals surface area contributed by atoms with Crippen molar-refractivity contribution >= 4 is 33.3 Å². The summed E-state index contributed by atoms with van der Waals surface area (Å²) in [5, 5.41) is 3.87. The Bertz CT molecular complexity index is 1160. The van der Waals surface area contributed by atoms with Crippen LogP contribution in [0.25, 0.3) is 0 Å². The zero-order valence-corrected chi connectivity index (χ0v) is 23.4. The topological polar surface area (TPSA) is 86.8 Å². The molecule has 2 saturated heterocycles. The fraction of sp³-hybridized carbons (Fsp3) is 0.615. The predicted octanol–water partition coefficient (Wildman–Crippen LogP) is 3.79. The second-order valence-corrected chi connectivity index (χ2v) is 12.7. The lowest BCUT2D eigenvalue weighted by Crippen LogP contribution is -2.54. The average Bonchev–Trinajstić information content (AvgIpc) is 3.25. The van der Waals surface area contributed by atoms with Gasteiger partial charge in [-0.05, 0) is 18.6 Å². The number of likely N-dealkylation sites (tertiary alicyclic amines) is 2. The number of hydrogen-bond acceptors (Lipinski definition) is 5. The largest absolute Gasteiger partial charge is 0.347 e. The van der Waals surface area contributed by atoms with Crippen LogP contribution in [0.2, 0.25) is 5.02 Å². The molecular formula is C26H35ClF3N3O4S. The highest BCUT2D eigenvalue weighted by Crippen LogP contribution is 2.39. The van der Waals surface area contributed by atoms with E-state index < -0.39 is 51.8 Å². The Morgan fingerprint density at radius 3 is 2.45 bits per heavy atom. The molecule has 7 nitrogen and oxygen atoms in total. The lowest BCUT2D eigenvalue weighted by Gasteiger charge is -2.37. The number of carbonyl (C=O) groups is 2. The van der Waals surface area contributed by atoms with Crippen molar-refractivity contribution in [2.24, 2.45) is 5.92 Å². The maximum Gasteiger partial charge on any atom is 0.260 e. The van der Waals surface area contributed by atoms with E-state index in [2.05, 4.69) is 5.32 Å². The lowest BCUT2D eigenvalue weighted by molar-refractivity contribution is -0.144. The number of carbonyl (C=O) groups excluding carboxylic acids is 2. The molecule has 2 aliphatic heterocycles. The van der Waals surface area contributed by atoms with E-state index in [-0.39, 0.29) is 51.3 Å². The number of piperidine rings is 1. The average molecular weight is 578 g/mol. The minimum Gasteiger partial charge on any atom is -0.347 e. The van der Waals surface area contributed by atoms with Crippen LogP contribution in [0.15, 0.2) is 35.7 Å². The molecule has 3 atom stereocenters. The maximum absolute atomic E-state index is 15.5. The molecular weight excluding hydrogens is 543 g/mol. The van der Waals surface area contributed by atoms with E-state index in [1.165, 1.54) is 24.8 Å². The third kappa shape index (κ3) is 7.72. The standard InChI is InChI=1S/C26H35ClF3N3O4S/c1-4-26(29,30)17-32-15-20(19-7-5-6-8-22(19)27)21(16-32)23(34)33-12-10-25(28,11-13-33)24(35)31-18(2)9-14-38(3,36)37/h5-9,14,18,20-21H,4,10-13,15-17H2,1-3H3,(H,31,35)/b14-9-/t18-,20+,21+/m1/s1. The predicted molar refractivity (Wildman–Crippen MR) is 141 cm³/mol. The molecule has 2 aliphatic rings. The minimum atomic E-state index is -3.39. The smallest absolute Gasteiger partial charge is 0.260 e. The molecule has 212 valence electrons. The summed E-state index contributed by atoms with van der Waals surface area (Å²) in [4.78, 5) is 29.3. The van der Waals surface area contributed by atoms with Crippen LogP contribution in [-0.4, -0.2) is 86.6 Å². The van der Waals surface area contributed by atoms with Gasteiger partial charge in [0, 0.05) is 74.1 Å². The van der Waals surface area contributed by atoms with Gasteiger partial charge >= 0.3 is 0 Å². The SMILES string of the molecule is CCC(F)(F)CN1C[C@H](C(=O)N2CCC(F)(C(=O)N[C@H](C)/C=C\S(C)(=O)=O)CC2)[C@H](c2ccccc2Cl)C1. The number of amides is 2. The number of sulfone groups is 1. The van der Waals surface area contributed by atoms with Gasteiger partial charge in [-0.15, -0.1) is 0 Å². The van der Waals surface area contributed by atoms with Crippen molar-refractivity contribution in [3.05, 3.63) is 46.3 Å². The van der Waals surface area contributed by atoms with Crippen molar-refractivity contribution in [3.63, 3.8) is 0 Å². The van der Waals surface area contributed by atoms with Gasteiger partial charge in [0.25, 0.3) is 11.8 Å². The molecule has 0 saturated carbocycles. The van der Waals surface area contributed by atoms with Gasteiger partial charge in [-0.1, -0.05) is 42.8 Å². The van der Waals surface area contributed by atoms with Crippen LogP contribution in [0.4, 0.5) is 13.2 Å². The Kier molecular flexibility index (Phi) is 9.58. The molecule has 12 heteroatoms. The van der Waals surface area contributed by atoms with E-state index in [1.54, 1.807) is 29.2 Å². The molecule has 3 rings (SSSR count). The Morgan fingerprint density at radius 1 is 1.24 bits per heavy atom. The fourth-order valence-electron chi connectivity index (χ4n) is 4.98. The molecule has 1 aromatic carbocycles. The molecule has 38 heavy (non-hydrogen) atoms. The quantitative estimate of drug-likeness (QED) is 0.483. The summed E-state index contributed by atoms with van der Waals surface area (Å²) in [5.41, 5.74) is -1.50. The Labute approximate surface area is 227 Å². The van der Waals surface area contributed by atoms with E-state index in [4.69, 9.17) is 11.6 Å². The summed E-state index contributed by atoms with van der Waals surface area (Å²) in [5.74, 6) is -5.05.